The summed E-state index contributed by atoms with van der Waals surface area (Å²) in [7, 11) is 0. The van der Waals surface area contributed by atoms with E-state index in [-0.39, 0.29) is 0 Å². The second kappa shape index (κ2) is 4.80. The summed E-state index contributed by atoms with van der Waals surface area (Å²) in [5.41, 5.74) is 8.12. The Bertz CT molecular complexity index is 310. The van der Waals surface area contributed by atoms with Crippen LogP contribution < -0.4 is 5.73 Å². The van der Waals surface area contributed by atoms with Crippen LogP contribution in [0.15, 0.2) is 29.3 Å². The lowest BCUT2D eigenvalue weighted by molar-refractivity contribution is 0.866. The first kappa shape index (κ1) is 10.8. The molecule has 0 fully saturated rings. The van der Waals surface area contributed by atoms with Gasteiger partial charge in [0.25, 0.3) is 0 Å². The number of amidine groups is 1. The molecule has 0 bridgehead atoms. The number of rotatable bonds is 3. The third-order valence-corrected chi connectivity index (χ3v) is 2.20. The molecule has 0 aliphatic rings. The van der Waals surface area contributed by atoms with Crippen molar-refractivity contribution in [2.75, 3.05) is 6.54 Å². The molecular weight excluding hydrogens is 172 g/mol. The first-order chi connectivity index (χ1) is 6.65. The molecule has 0 saturated carbocycles. The minimum Gasteiger partial charge on any atom is -0.384 e. The predicted molar refractivity (Wildman–Crippen MR) is 61.8 cm³/mol. The number of aliphatic imine (C=N–C) groups is 1. The third-order valence-electron chi connectivity index (χ3n) is 2.20. The van der Waals surface area contributed by atoms with Gasteiger partial charge in [0.2, 0.25) is 0 Å². The molecule has 0 aromatic heterocycles. The number of hydrogen-bond donors (Lipinski definition) is 1. The van der Waals surface area contributed by atoms with E-state index in [9.17, 15) is 0 Å². The Kier molecular flexibility index (Phi) is 3.69. The fourth-order valence-electron chi connectivity index (χ4n) is 1.30. The Morgan fingerprint density at radius 2 is 1.86 bits per heavy atom. The Hall–Kier alpha value is -1.31. The molecule has 0 heterocycles. The summed E-state index contributed by atoms with van der Waals surface area (Å²) in [4.78, 5) is 4.16. The molecule has 0 unspecified atom stereocenters. The van der Waals surface area contributed by atoms with Crippen LogP contribution in [0.5, 0.6) is 0 Å². The van der Waals surface area contributed by atoms with Gasteiger partial charge in [-0.15, -0.1) is 0 Å². The predicted octanol–water partition coefficient (Wildman–Crippen LogP) is 2.54. The van der Waals surface area contributed by atoms with Gasteiger partial charge in [-0.05, 0) is 18.4 Å². The second-order valence-electron chi connectivity index (χ2n) is 3.64. The molecule has 0 atom stereocenters. The van der Waals surface area contributed by atoms with Crippen molar-refractivity contribution < 1.29 is 0 Å². The average molecular weight is 190 g/mol. The van der Waals surface area contributed by atoms with Crippen LogP contribution in [0.4, 0.5) is 0 Å². The largest absolute Gasteiger partial charge is 0.384 e. The van der Waals surface area contributed by atoms with Crippen LogP contribution >= 0.6 is 0 Å². The van der Waals surface area contributed by atoms with Gasteiger partial charge in [-0.1, -0.05) is 38.1 Å². The first-order valence-electron chi connectivity index (χ1n) is 5.05. The molecule has 1 aromatic rings. The molecule has 0 radical (unpaired) electrons. The highest BCUT2D eigenvalue weighted by Crippen LogP contribution is 2.14. The van der Waals surface area contributed by atoms with Crippen molar-refractivity contribution in [2.24, 2.45) is 10.7 Å². The molecule has 1 rings (SSSR count). The maximum absolute atomic E-state index is 5.78. The van der Waals surface area contributed by atoms with Crippen molar-refractivity contribution in [1.82, 2.24) is 0 Å². The third kappa shape index (κ3) is 2.59. The fourth-order valence-corrected chi connectivity index (χ4v) is 1.30. The molecule has 0 spiro atoms. The van der Waals surface area contributed by atoms with Gasteiger partial charge in [0.05, 0.1) is 0 Å². The molecule has 0 saturated heterocycles. The summed E-state index contributed by atoms with van der Waals surface area (Å²) in [5, 5.41) is 0. The highest BCUT2D eigenvalue weighted by Gasteiger charge is 2.00. The van der Waals surface area contributed by atoms with E-state index in [1.54, 1.807) is 0 Å². The van der Waals surface area contributed by atoms with Crippen molar-refractivity contribution in [1.29, 1.82) is 0 Å². The van der Waals surface area contributed by atoms with Crippen LogP contribution in [0.25, 0.3) is 0 Å². The minimum absolute atomic E-state index is 0.563. The van der Waals surface area contributed by atoms with Crippen LogP contribution in [-0.2, 0) is 0 Å². The summed E-state index contributed by atoms with van der Waals surface area (Å²) < 4.78 is 0. The fraction of sp³-hybridized carbons (Fsp3) is 0.417. The highest BCUT2D eigenvalue weighted by atomic mass is 14.8. The Morgan fingerprint density at radius 3 is 2.29 bits per heavy atom. The van der Waals surface area contributed by atoms with Crippen molar-refractivity contribution in [2.45, 2.75) is 26.7 Å². The summed E-state index contributed by atoms with van der Waals surface area (Å²) in [5.74, 6) is 1.19. The van der Waals surface area contributed by atoms with Crippen LogP contribution in [0.1, 0.15) is 37.8 Å². The molecule has 0 aliphatic heterocycles. The van der Waals surface area contributed by atoms with Crippen molar-refractivity contribution in [3.8, 4) is 0 Å². The number of hydrogen-bond acceptors (Lipinski definition) is 1. The zero-order valence-electron chi connectivity index (χ0n) is 9.12. The van der Waals surface area contributed by atoms with E-state index >= 15 is 0 Å². The molecule has 76 valence electrons. The summed E-state index contributed by atoms with van der Waals surface area (Å²) in [6.07, 6.45) is 0. The van der Waals surface area contributed by atoms with Crippen molar-refractivity contribution in [3.63, 3.8) is 0 Å². The zero-order chi connectivity index (χ0) is 10.6. The van der Waals surface area contributed by atoms with Crippen molar-refractivity contribution in [3.05, 3.63) is 35.4 Å². The topological polar surface area (TPSA) is 38.4 Å². The highest BCUT2D eigenvalue weighted by molar-refractivity contribution is 5.97. The summed E-state index contributed by atoms with van der Waals surface area (Å²) in [6, 6.07) is 8.28. The van der Waals surface area contributed by atoms with E-state index in [2.05, 4.69) is 31.0 Å². The van der Waals surface area contributed by atoms with E-state index in [1.807, 2.05) is 19.1 Å². The number of nitrogens with two attached hydrogens (primary N) is 1. The lowest BCUT2D eigenvalue weighted by atomic mass is 10.0. The molecule has 2 nitrogen and oxygen atoms in total. The van der Waals surface area contributed by atoms with Crippen LogP contribution in [0.2, 0.25) is 0 Å². The molecule has 2 heteroatoms. The molecular formula is C12H18N2. The van der Waals surface area contributed by atoms with Gasteiger partial charge in [-0.3, -0.25) is 4.99 Å². The molecule has 2 N–H and O–H groups in total. The number of nitrogens with zero attached hydrogens (tertiary/aromatic N) is 1. The Balaban J connectivity index is 2.88. The van der Waals surface area contributed by atoms with Crippen LogP contribution in [0, 0.1) is 0 Å². The maximum Gasteiger partial charge on any atom is 0.125 e. The van der Waals surface area contributed by atoms with Gasteiger partial charge in [0.1, 0.15) is 5.84 Å². The maximum atomic E-state index is 5.78. The molecule has 0 aliphatic carbocycles. The lowest BCUT2D eigenvalue weighted by Gasteiger charge is -2.06. The van der Waals surface area contributed by atoms with Gasteiger partial charge < -0.3 is 5.73 Å². The summed E-state index contributed by atoms with van der Waals surface area (Å²) >= 11 is 0. The van der Waals surface area contributed by atoms with Gasteiger partial charge in [-0.25, -0.2) is 0 Å². The SMILES string of the molecule is CCN=C(N)c1ccc(C(C)C)cc1. The molecule has 0 amide bonds. The van der Waals surface area contributed by atoms with Crippen molar-refractivity contribution >= 4 is 5.84 Å². The normalized spacial score (nSPS) is 12.1. The van der Waals surface area contributed by atoms with Crippen LogP contribution in [0.3, 0.4) is 0 Å². The van der Waals surface area contributed by atoms with E-state index in [4.69, 9.17) is 5.73 Å². The average Bonchev–Trinajstić information content (AvgIpc) is 2.18. The lowest BCUT2D eigenvalue weighted by Crippen LogP contribution is -2.13. The number of benzene rings is 1. The summed E-state index contributed by atoms with van der Waals surface area (Å²) in [6.45, 7) is 7.07. The zero-order valence-corrected chi connectivity index (χ0v) is 9.12. The van der Waals surface area contributed by atoms with Gasteiger partial charge >= 0.3 is 0 Å². The smallest absolute Gasteiger partial charge is 0.125 e. The van der Waals surface area contributed by atoms with Gasteiger partial charge in [-0.2, -0.15) is 0 Å². The van der Waals surface area contributed by atoms with E-state index < -0.39 is 0 Å². The standard InChI is InChI=1S/C12H18N2/c1-4-14-12(13)11-7-5-10(6-8-11)9(2)3/h5-9H,4H2,1-3H3,(H2,13,14). The van der Waals surface area contributed by atoms with Gasteiger partial charge in [0.15, 0.2) is 0 Å². The minimum atomic E-state index is 0.563. The Morgan fingerprint density at radius 1 is 1.29 bits per heavy atom. The molecule has 14 heavy (non-hydrogen) atoms. The monoisotopic (exact) mass is 190 g/mol. The van der Waals surface area contributed by atoms with E-state index in [0.29, 0.717) is 11.8 Å². The van der Waals surface area contributed by atoms with Gasteiger partial charge in [0, 0.05) is 12.1 Å². The van der Waals surface area contributed by atoms with Crippen LogP contribution in [-0.4, -0.2) is 12.4 Å². The first-order valence-corrected chi connectivity index (χ1v) is 5.05. The molecule has 1 aromatic carbocycles. The van der Waals surface area contributed by atoms with E-state index in [1.165, 1.54) is 5.56 Å². The quantitative estimate of drug-likeness (QED) is 0.577. The Labute approximate surface area is 85.9 Å². The second-order valence-corrected chi connectivity index (χ2v) is 3.64. The van der Waals surface area contributed by atoms with E-state index in [0.717, 1.165) is 12.1 Å².